The van der Waals surface area contributed by atoms with E-state index < -0.39 is 0 Å². The maximum Gasteiger partial charge on any atom is 0.0683 e. The summed E-state index contributed by atoms with van der Waals surface area (Å²) in [6, 6.07) is 33.6. The topological polar surface area (TPSA) is 0 Å². The first-order valence-electron chi connectivity index (χ1n) is 9.94. The smallest absolute Gasteiger partial charge is 0.0683 e. The molecular weight excluding hydrogens is 407 g/mol. The highest BCUT2D eigenvalue weighted by Crippen LogP contribution is 2.58. The molecule has 0 atom stereocenters. The molecule has 0 unspecified atom stereocenters. The zero-order valence-corrected chi connectivity index (χ0v) is 17.5. The molecular formula is C28H16Cl2. The number of hydrogen-bond donors (Lipinski definition) is 0. The number of rotatable bonds is 2. The van der Waals surface area contributed by atoms with Gasteiger partial charge in [0.2, 0.25) is 0 Å². The Hall–Kier alpha value is -3.06. The van der Waals surface area contributed by atoms with E-state index in [0.717, 1.165) is 22.3 Å². The molecule has 0 N–H and O–H groups in total. The predicted molar refractivity (Wildman–Crippen MR) is 129 cm³/mol. The summed E-state index contributed by atoms with van der Waals surface area (Å²) in [7, 11) is 0. The standard InChI is InChI=1S/C28H16Cl2/c29-27-23(18-9-3-1-4-10-18)25-20-15-7-13-17-14-8-16-21(22(17)20)26(25)24(28(27)30)19-11-5-2-6-12-19/h1-16H. The summed E-state index contributed by atoms with van der Waals surface area (Å²) in [5, 5.41) is 3.70. The van der Waals surface area contributed by atoms with Crippen molar-refractivity contribution in [1.82, 2.24) is 0 Å². The summed E-state index contributed by atoms with van der Waals surface area (Å²) in [5.41, 5.74) is 8.92. The largest absolute Gasteiger partial charge is 0.0820 e. The summed E-state index contributed by atoms with van der Waals surface area (Å²) < 4.78 is 0. The molecule has 0 radical (unpaired) electrons. The normalized spacial score (nSPS) is 11.7. The van der Waals surface area contributed by atoms with Crippen molar-refractivity contribution in [3.63, 3.8) is 0 Å². The van der Waals surface area contributed by atoms with Crippen molar-refractivity contribution >= 4 is 34.0 Å². The Morgan fingerprint density at radius 1 is 0.400 bits per heavy atom. The van der Waals surface area contributed by atoms with Crippen LogP contribution in [-0.4, -0.2) is 0 Å². The van der Waals surface area contributed by atoms with Crippen LogP contribution in [0, 0.1) is 0 Å². The minimum atomic E-state index is 0.602. The molecule has 5 aromatic rings. The SMILES string of the molecule is Clc1c(Cl)c(-c2ccccc2)c2c(c1-c1ccccc1)-c1cccc3cccc-2c13. The Morgan fingerprint density at radius 2 is 0.833 bits per heavy atom. The second kappa shape index (κ2) is 6.74. The van der Waals surface area contributed by atoms with Crippen LogP contribution in [-0.2, 0) is 0 Å². The summed E-state index contributed by atoms with van der Waals surface area (Å²) in [6.45, 7) is 0. The van der Waals surface area contributed by atoms with Gasteiger partial charge in [-0.25, -0.2) is 0 Å². The lowest BCUT2D eigenvalue weighted by Crippen LogP contribution is -1.93. The van der Waals surface area contributed by atoms with Crippen molar-refractivity contribution in [3.8, 4) is 44.5 Å². The molecule has 0 bridgehead atoms. The lowest BCUT2D eigenvalue weighted by atomic mass is 9.87. The van der Waals surface area contributed by atoms with Crippen LogP contribution in [0.25, 0.3) is 55.3 Å². The van der Waals surface area contributed by atoms with Gasteiger partial charge >= 0.3 is 0 Å². The Kier molecular flexibility index (Phi) is 3.99. The summed E-state index contributed by atoms with van der Waals surface area (Å²) in [6.07, 6.45) is 0. The number of hydrogen-bond acceptors (Lipinski definition) is 0. The lowest BCUT2D eigenvalue weighted by molar-refractivity contribution is 1.59. The van der Waals surface area contributed by atoms with Gasteiger partial charge in [0.05, 0.1) is 10.0 Å². The van der Waals surface area contributed by atoms with Crippen LogP contribution in [0.15, 0.2) is 97.1 Å². The number of halogens is 2. The van der Waals surface area contributed by atoms with Crippen molar-refractivity contribution in [1.29, 1.82) is 0 Å². The van der Waals surface area contributed by atoms with E-state index in [1.54, 1.807) is 0 Å². The third kappa shape index (κ3) is 2.41. The second-order valence-electron chi connectivity index (χ2n) is 7.57. The van der Waals surface area contributed by atoms with Crippen LogP contribution in [0.2, 0.25) is 10.0 Å². The first-order valence-corrected chi connectivity index (χ1v) is 10.7. The van der Waals surface area contributed by atoms with Gasteiger partial charge in [0.25, 0.3) is 0 Å². The van der Waals surface area contributed by atoms with Crippen molar-refractivity contribution < 1.29 is 0 Å². The van der Waals surface area contributed by atoms with Crippen LogP contribution < -0.4 is 0 Å². The lowest BCUT2D eigenvalue weighted by Gasteiger charge is -2.19. The van der Waals surface area contributed by atoms with Gasteiger partial charge in [0.1, 0.15) is 0 Å². The Balaban J connectivity index is 1.85. The van der Waals surface area contributed by atoms with E-state index in [4.69, 9.17) is 23.2 Å². The maximum absolute atomic E-state index is 7.01. The maximum atomic E-state index is 7.01. The van der Waals surface area contributed by atoms with Crippen LogP contribution in [0.4, 0.5) is 0 Å². The molecule has 30 heavy (non-hydrogen) atoms. The van der Waals surface area contributed by atoms with Crippen LogP contribution in [0.1, 0.15) is 0 Å². The van der Waals surface area contributed by atoms with Gasteiger partial charge in [-0.1, -0.05) is 120 Å². The van der Waals surface area contributed by atoms with E-state index in [-0.39, 0.29) is 0 Å². The highest BCUT2D eigenvalue weighted by molar-refractivity contribution is 6.47. The summed E-state index contributed by atoms with van der Waals surface area (Å²) >= 11 is 14.0. The second-order valence-corrected chi connectivity index (χ2v) is 8.33. The van der Waals surface area contributed by atoms with E-state index in [9.17, 15) is 0 Å². The van der Waals surface area contributed by atoms with Gasteiger partial charge in [0.15, 0.2) is 0 Å². The van der Waals surface area contributed by atoms with Crippen LogP contribution >= 0.6 is 23.2 Å². The molecule has 0 fully saturated rings. The molecule has 0 saturated carbocycles. The zero-order valence-electron chi connectivity index (χ0n) is 16.0. The average Bonchev–Trinajstić information content (AvgIpc) is 3.12. The molecule has 0 saturated heterocycles. The van der Waals surface area contributed by atoms with E-state index in [2.05, 4.69) is 60.7 Å². The highest BCUT2D eigenvalue weighted by Gasteiger charge is 2.31. The van der Waals surface area contributed by atoms with Gasteiger partial charge in [-0.05, 0) is 33.0 Å². The van der Waals surface area contributed by atoms with Gasteiger partial charge in [-0.15, -0.1) is 0 Å². The van der Waals surface area contributed by atoms with Crippen LogP contribution in [0.5, 0.6) is 0 Å². The van der Waals surface area contributed by atoms with Gasteiger partial charge in [-0.3, -0.25) is 0 Å². The summed E-state index contributed by atoms with van der Waals surface area (Å²) in [4.78, 5) is 0. The zero-order chi connectivity index (χ0) is 20.2. The minimum absolute atomic E-state index is 0.602. The fourth-order valence-corrected chi connectivity index (χ4v) is 5.33. The fourth-order valence-electron chi connectivity index (χ4n) is 4.74. The van der Waals surface area contributed by atoms with Crippen LogP contribution in [0.3, 0.4) is 0 Å². The van der Waals surface area contributed by atoms with E-state index in [1.807, 2.05) is 36.4 Å². The van der Waals surface area contributed by atoms with E-state index in [1.165, 1.54) is 33.0 Å². The van der Waals surface area contributed by atoms with Crippen molar-refractivity contribution in [2.45, 2.75) is 0 Å². The van der Waals surface area contributed by atoms with Gasteiger partial charge in [0, 0.05) is 22.3 Å². The Bertz CT molecular complexity index is 1330. The minimum Gasteiger partial charge on any atom is -0.0820 e. The average molecular weight is 423 g/mol. The molecule has 5 aromatic carbocycles. The fraction of sp³-hybridized carbons (Fsp3) is 0. The third-order valence-electron chi connectivity index (χ3n) is 5.95. The summed E-state index contributed by atoms with van der Waals surface area (Å²) in [5.74, 6) is 0. The molecule has 6 rings (SSSR count). The van der Waals surface area contributed by atoms with Gasteiger partial charge < -0.3 is 0 Å². The molecule has 2 heteroatoms. The molecule has 0 heterocycles. The molecule has 0 aliphatic heterocycles. The molecule has 142 valence electrons. The van der Waals surface area contributed by atoms with Crippen molar-refractivity contribution in [2.75, 3.05) is 0 Å². The molecule has 1 aliphatic carbocycles. The first-order chi connectivity index (χ1) is 14.8. The van der Waals surface area contributed by atoms with E-state index in [0.29, 0.717) is 10.0 Å². The monoisotopic (exact) mass is 422 g/mol. The first kappa shape index (κ1) is 17.8. The molecule has 0 spiro atoms. The highest BCUT2D eigenvalue weighted by atomic mass is 35.5. The Morgan fingerprint density at radius 3 is 1.27 bits per heavy atom. The van der Waals surface area contributed by atoms with Gasteiger partial charge in [-0.2, -0.15) is 0 Å². The predicted octanol–water partition coefficient (Wildman–Crippen LogP) is 9.13. The number of benzene rings is 5. The molecule has 0 aromatic heterocycles. The molecule has 0 amide bonds. The Labute approximate surface area is 185 Å². The van der Waals surface area contributed by atoms with E-state index >= 15 is 0 Å². The quantitative estimate of drug-likeness (QED) is 0.260. The third-order valence-corrected chi connectivity index (χ3v) is 6.80. The number of fused-ring (bicyclic) bond motifs is 3. The van der Waals surface area contributed by atoms with Crippen molar-refractivity contribution in [3.05, 3.63) is 107 Å². The van der Waals surface area contributed by atoms with Crippen molar-refractivity contribution in [2.24, 2.45) is 0 Å². The molecule has 1 aliphatic rings. The molecule has 0 nitrogen and oxygen atoms in total.